The summed E-state index contributed by atoms with van der Waals surface area (Å²) in [5.74, 6) is -0.155. The van der Waals surface area contributed by atoms with E-state index in [1.165, 1.54) is 11.3 Å². The van der Waals surface area contributed by atoms with Crippen LogP contribution in [-0.2, 0) is 6.42 Å². The van der Waals surface area contributed by atoms with E-state index in [2.05, 4.69) is 5.32 Å². The summed E-state index contributed by atoms with van der Waals surface area (Å²) in [6.45, 7) is 0.498. The lowest BCUT2D eigenvalue weighted by atomic mass is 10.1. The van der Waals surface area contributed by atoms with Crippen LogP contribution in [0, 0.1) is 0 Å². The Bertz CT molecular complexity index is 598. The van der Waals surface area contributed by atoms with Gasteiger partial charge in [-0.05, 0) is 35.6 Å². The molecule has 0 radical (unpaired) electrons. The Morgan fingerprint density at radius 2 is 2.11 bits per heavy atom. The van der Waals surface area contributed by atoms with Gasteiger partial charge in [-0.3, -0.25) is 4.79 Å². The summed E-state index contributed by atoms with van der Waals surface area (Å²) in [5.41, 5.74) is 7.13. The van der Waals surface area contributed by atoms with E-state index in [-0.39, 0.29) is 5.91 Å². The van der Waals surface area contributed by atoms with Gasteiger partial charge < -0.3 is 11.1 Å². The van der Waals surface area contributed by atoms with E-state index in [1.807, 2.05) is 6.07 Å². The largest absolute Gasteiger partial charge is 0.397 e. The van der Waals surface area contributed by atoms with Crippen LogP contribution in [0.3, 0.4) is 0 Å². The fourth-order valence-electron chi connectivity index (χ4n) is 1.62. The summed E-state index contributed by atoms with van der Waals surface area (Å²) in [6, 6.07) is 7.05. The second-order valence-corrected chi connectivity index (χ2v) is 5.71. The summed E-state index contributed by atoms with van der Waals surface area (Å²) in [6.07, 6.45) is 0.646. The van der Waals surface area contributed by atoms with Crippen LogP contribution in [0.4, 0.5) is 5.69 Å². The van der Waals surface area contributed by atoms with Crippen molar-refractivity contribution in [2.45, 2.75) is 6.42 Å². The van der Waals surface area contributed by atoms with Crippen LogP contribution in [0.5, 0.6) is 0 Å². The molecule has 2 rings (SSSR count). The van der Waals surface area contributed by atoms with E-state index in [0.29, 0.717) is 33.6 Å². The molecule has 2 aromatic rings. The van der Waals surface area contributed by atoms with E-state index in [9.17, 15) is 4.79 Å². The molecule has 0 aliphatic carbocycles. The molecule has 0 fully saturated rings. The summed E-state index contributed by atoms with van der Waals surface area (Å²) >= 11 is 13.2. The van der Waals surface area contributed by atoms with Crippen molar-refractivity contribution in [2.24, 2.45) is 0 Å². The molecule has 0 atom stereocenters. The Morgan fingerprint density at radius 3 is 2.74 bits per heavy atom. The van der Waals surface area contributed by atoms with E-state index < -0.39 is 0 Å². The number of carbonyl (C=O) groups is 1. The average molecular weight is 315 g/mol. The standard InChI is InChI=1S/C13H12Cl2N2OS/c14-9-2-1-8(10(15)7-9)3-5-17-13(18)12-11(16)4-6-19-12/h1-2,4,6-7H,3,5,16H2,(H,17,18). The number of halogens is 2. The highest BCUT2D eigenvalue weighted by molar-refractivity contribution is 7.12. The first-order valence-electron chi connectivity index (χ1n) is 5.63. The molecular weight excluding hydrogens is 303 g/mol. The summed E-state index contributed by atoms with van der Waals surface area (Å²) in [7, 11) is 0. The lowest BCUT2D eigenvalue weighted by Crippen LogP contribution is -2.25. The number of nitrogens with one attached hydrogen (secondary N) is 1. The van der Waals surface area contributed by atoms with Crippen molar-refractivity contribution in [3.63, 3.8) is 0 Å². The molecule has 0 saturated carbocycles. The number of carbonyl (C=O) groups excluding carboxylic acids is 1. The minimum absolute atomic E-state index is 0.155. The third-order valence-electron chi connectivity index (χ3n) is 2.60. The molecule has 1 amide bonds. The third kappa shape index (κ3) is 3.62. The van der Waals surface area contributed by atoms with Gasteiger partial charge in [-0.1, -0.05) is 29.3 Å². The Labute approximate surface area is 125 Å². The lowest BCUT2D eigenvalue weighted by Gasteiger charge is -2.06. The van der Waals surface area contributed by atoms with Gasteiger partial charge in [-0.2, -0.15) is 0 Å². The molecule has 100 valence electrons. The Morgan fingerprint density at radius 1 is 1.32 bits per heavy atom. The molecule has 1 aromatic heterocycles. The number of amides is 1. The third-order valence-corrected chi connectivity index (χ3v) is 4.11. The number of anilines is 1. The zero-order chi connectivity index (χ0) is 13.8. The number of hydrogen-bond donors (Lipinski definition) is 2. The summed E-state index contributed by atoms with van der Waals surface area (Å²) < 4.78 is 0. The Kier molecular flexibility index (Phi) is 4.69. The predicted octanol–water partition coefficient (Wildman–Crippen LogP) is 3.61. The van der Waals surface area contributed by atoms with Crippen LogP contribution in [0.25, 0.3) is 0 Å². The molecule has 0 spiro atoms. The van der Waals surface area contributed by atoms with Crippen molar-refractivity contribution in [1.82, 2.24) is 5.32 Å². The van der Waals surface area contributed by atoms with Crippen molar-refractivity contribution < 1.29 is 4.79 Å². The highest BCUT2D eigenvalue weighted by atomic mass is 35.5. The monoisotopic (exact) mass is 314 g/mol. The van der Waals surface area contributed by atoms with Crippen molar-refractivity contribution in [3.8, 4) is 0 Å². The van der Waals surface area contributed by atoms with Crippen molar-refractivity contribution in [2.75, 3.05) is 12.3 Å². The van der Waals surface area contributed by atoms with Crippen LogP contribution in [0.15, 0.2) is 29.6 Å². The van der Waals surface area contributed by atoms with Crippen molar-refractivity contribution in [3.05, 3.63) is 50.1 Å². The van der Waals surface area contributed by atoms with Gasteiger partial charge in [-0.25, -0.2) is 0 Å². The SMILES string of the molecule is Nc1ccsc1C(=O)NCCc1ccc(Cl)cc1Cl. The second-order valence-electron chi connectivity index (χ2n) is 3.95. The number of benzene rings is 1. The number of nitrogen functional groups attached to an aromatic ring is 1. The Hall–Kier alpha value is -1.23. The molecule has 3 nitrogen and oxygen atoms in total. The number of rotatable bonds is 4. The van der Waals surface area contributed by atoms with Crippen molar-refractivity contribution in [1.29, 1.82) is 0 Å². The zero-order valence-corrected chi connectivity index (χ0v) is 12.3. The highest BCUT2D eigenvalue weighted by Crippen LogP contribution is 2.21. The molecule has 1 aromatic carbocycles. The van der Waals surface area contributed by atoms with Gasteiger partial charge in [0.1, 0.15) is 4.88 Å². The summed E-state index contributed by atoms with van der Waals surface area (Å²) in [5, 5.41) is 5.82. The molecule has 0 unspecified atom stereocenters. The van der Waals surface area contributed by atoms with E-state index in [0.717, 1.165) is 5.56 Å². The maximum absolute atomic E-state index is 11.8. The molecule has 0 aliphatic rings. The van der Waals surface area contributed by atoms with Crippen molar-refractivity contribution >= 4 is 46.1 Å². The summed E-state index contributed by atoms with van der Waals surface area (Å²) in [4.78, 5) is 12.4. The highest BCUT2D eigenvalue weighted by Gasteiger charge is 2.10. The molecule has 0 aliphatic heterocycles. The van der Waals surface area contributed by atoms with E-state index in [1.54, 1.807) is 23.6 Å². The van der Waals surface area contributed by atoms with Gasteiger partial charge in [0.15, 0.2) is 0 Å². The zero-order valence-electron chi connectivity index (χ0n) is 9.95. The van der Waals surface area contributed by atoms with Gasteiger partial charge in [0.05, 0.1) is 5.69 Å². The van der Waals surface area contributed by atoms with Gasteiger partial charge in [0.25, 0.3) is 5.91 Å². The molecule has 1 heterocycles. The second kappa shape index (κ2) is 6.28. The topological polar surface area (TPSA) is 55.1 Å². The number of nitrogens with two attached hydrogens (primary N) is 1. The van der Waals surface area contributed by atoms with Gasteiger partial charge in [0, 0.05) is 16.6 Å². The number of thiophene rings is 1. The molecule has 0 bridgehead atoms. The first-order chi connectivity index (χ1) is 9.08. The fourth-order valence-corrected chi connectivity index (χ4v) is 2.86. The molecule has 6 heteroatoms. The van der Waals surface area contributed by atoms with Gasteiger partial charge >= 0.3 is 0 Å². The number of hydrogen-bond acceptors (Lipinski definition) is 3. The molecule has 3 N–H and O–H groups in total. The Balaban J connectivity index is 1.90. The van der Waals surface area contributed by atoms with E-state index in [4.69, 9.17) is 28.9 Å². The van der Waals surface area contributed by atoms with Crippen LogP contribution >= 0.6 is 34.5 Å². The van der Waals surface area contributed by atoms with Crippen LogP contribution in [0.1, 0.15) is 15.2 Å². The van der Waals surface area contributed by atoms with Crippen LogP contribution in [0.2, 0.25) is 10.0 Å². The molecule has 19 heavy (non-hydrogen) atoms. The molecular formula is C13H12Cl2N2OS. The maximum Gasteiger partial charge on any atom is 0.263 e. The predicted molar refractivity (Wildman–Crippen MR) is 81.2 cm³/mol. The first kappa shape index (κ1) is 14.2. The smallest absolute Gasteiger partial charge is 0.263 e. The lowest BCUT2D eigenvalue weighted by molar-refractivity contribution is 0.0959. The van der Waals surface area contributed by atoms with E-state index >= 15 is 0 Å². The minimum Gasteiger partial charge on any atom is -0.397 e. The minimum atomic E-state index is -0.155. The maximum atomic E-state index is 11.8. The quantitative estimate of drug-likeness (QED) is 0.905. The van der Waals surface area contributed by atoms with Crippen LogP contribution in [-0.4, -0.2) is 12.5 Å². The normalized spacial score (nSPS) is 10.4. The first-order valence-corrected chi connectivity index (χ1v) is 7.26. The fraction of sp³-hybridized carbons (Fsp3) is 0.154. The van der Waals surface area contributed by atoms with Gasteiger partial charge in [0.2, 0.25) is 0 Å². The van der Waals surface area contributed by atoms with Crippen LogP contribution < -0.4 is 11.1 Å². The molecule has 0 saturated heterocycles. The average Bonchev–Trinajstić information content (AvgIpc) is 2.78. The van der Waals surface area contributed by atoms with Gasteiger partial charge in [-0.15, -0.1) is 11.3 Å².